The minimum absolute atomic E-state index is 0. The van der Waals surface area contributed by atoms with Crippen LogP contribution in [0.15, 0.2) is 24.3 Å². The Kier molecular flexibility index (Phi) is 2.85. The summed E-state index contributed by atoms with van der Waals surface area (Å²) in [6.45, 7) is 0. The Labute approximate surface area is 84.4 Å². The number of carboxylic acids is 1. The van der Waals surface area contributed by atoms with Crippen molar-refractivity contribution >= 4 is 39.9 Å². The van der Waals surface area contributed by atoms with Crippen molar-refractivity contribution in [3.63, 3.8) is 0 Å². The fourth-order valence-corrected chi connectivity index (χ4v) is 1.77. The van der Waals surface area contributed by atoms with E-state index >= 15 is 0 Å². The maximum absolute atomic E-state index is 10.5. The summed E-state index contributed by atoms with van der Waals surface area (Å²) in [5, 5.41) is 8.78. The normalized spacial score (nSPS) is 9.54. The van der Waals surface area contributed by atoms with E-state index in [1.807, 2.05) is 18.2 Å². The van der Waals surface area contributed by atoms with Crippen LogP contribution < -0.4 is 0 Å². The van der Waals surface area contributed by atoms with Crippen LogP contribution in [0.25, 0.3) is 10.2 Å². The number of halogens is 1. The fourth-order valence-electron chi connectivity index (χ4n) is 0.964. The van der Waals surface area contributed by atoms with Gasteiger partial charge in [0, 0.05) is 0 Å². The van der Waals surface area contributed by atoms with Gasteiger partial charge in [0.25, 0.3) is 0 Å². The molecule has 0 aliphatic carbocycles. The van der Waals surface area contributed by atoms with E-state index in [0.29, 0.717) is 0 Å². The zero-order valence-electron chi connectivity index (χ0n) is 6.43. The van der Waals surface area contributed by atoms with Gasteiger partial charge < -0.3 is 5.11 Å². The third kappa shape index (κ3) is 1.79. The van der Waals surface area contributed by atoms with Gasteiger partial charge >= 0.3 is 5.97 Å². The monoisotopic (exact) mass is 215 g/mol. The second-order valence-corrected chi connectivity index (χ2v) is 3.32. The van der Waals surface area contributed by atoms with E-state index < -0.39 is 5.97 Å². The van der Waals surface area contributed by atoms with E-state index in [0.717, 1.165) is 10.2 Å². The van der Waals surface area contributed by atoms with E-state index in [9.17, 15) is 4.79 Å². The van der Waals surface area contributed by atoms with Crippen molar-refractivity contribution in [1.82, 2.24) is 4.98 Å². The molecule has 5 heteroatoms. The summed E-state index contributed by atoms with van der Waals surface area (Å²) < 4.78 is 0.912. The van der Waals surface area contributed by atoms with Gasteiger partial charge in [-0.05, 0) is 12.1 Å². The van der Waals surface area contributed by atoms with Crippen LogP contribution in [0.5, 0.6) is 0 Å². The molecule has 68 valence electrons. The lowest BCUT2D eigenvalue weighted by Gasteiger charge is -1.80. The molecule has 1 heterocycles. The number of thiazole rings is 1. The zero-order chi connectivity index (χ0) is 8.55. The Balaban J connectivity index is 0.000000845. The predicted molar refractivity (Wildman–Crippen MR) is 53.8 cm³/mol. The molecular formula is C8H6ClNO2S. The number of carboxylic acid groups (broad SMARTS) is 1. The third-order valence-corrected chi connectivity index (χ3v) is 2.50. The summed E-state index contributed by atoms with van der Waals surface area (Å²) in [5.74, 6) is -0.962. The number of rotatable bonds is 1. The molecule has 0 bridgehead atoms. The summed E-state index contributed by atoms with van der Waals surface area (Å²) >= 11 is 1.19. The standard InChI is InChI=1S/C8H5NO2S.ClH/c10-8(11)7-9-5-3-1-2-4-6(5)12-7;/h1-4H,(H,10,11);1H. The topological polar surface area (TPSA) is 50.2 Å². The number of hydrogen-bond donors (Lipinski definition) is 1. The van der Waals surface area contributed by atoms with E-state index in [2.05, 4.69) is 4.98 Å². The first kappa shape index (κ1) is 9.95. The van der Waals surface area contributed by atoms with Crippen LogP contribution in [0.3, 0.4) is 0 Å². The summed E-state index contributed by atoms with van der Waals surface area (Å²) in [7, 11) is 0. The summed E-state index contributed by atoms with van der Waals surface area (Å²) in [6.07, 6.45) is 0. The second-order valence-electron chi connectivity index (χ2n) is 2.29. The van der Waals surface area contributed by atoms with Crippen molar-refractivity contribution in [2.45, 2.75) is 0 Å². The molecule has 1 N–H and O–H groups in total. The molecule has 0 amide bonds. The summed E-state index contributed by atoms with van der Waals surface area (Å²) in [6, 6.07) is 7.37. The average molecular weight is 216 g/mol. The number of carbonyl (C=O) groups is 1. The van der Waals surface area contributed by atoms with Crippen LogP contribution in [-0.2, 0) is 0 Å². The molecule has 1 aromatic heterocycles. The van der Waals surface area contributed by atoms with E-state index in [-0.39, 0.29) is 17.4 Å². The molecule has 0 aliphatic rings. The van der Waals surface area contributed by atoms with Crippen LogP contribution >= 0.6 is 23.7 Å². The Morgan fingerprint density at radius 1 is 1.38 bits per heavy atom. The molecule has 0 fully saturated rings. The van der Waals surface area contributed by atoms with Gasteiger partial charge in [0.1, 0.15) is 0 Å². The lowest BCUT2D eigenvalue weighted by molar-refractivity contribution is 0.0696. The van der Waals surface area contributed by atoms with Gasteiger partial charge in [0.2, 0.25) is 5.01 Å². The molecule has 3 nitrogen and oxygen atoms in total. The first-order valence-electron chi connectivity index (χ1n) is 3.36. The molecule has 0 aliphatic heterocycles. The number of aromatic nitrogens is 1. The highest BCUT2D eigenvalue weighted by molar-refractivity contribution is 7.20. The van der Waals surface area contributed by atoms with Crippen LogP contribution in [0.1, 0.15) is 9.80 Å². The van der Waals surface area contributed by atoms with Gasteiger partial charge in [-0.25, -0.2) is 9.78 Å². The first-order chi connectivity index (χ1) is 5.77. The van der Waals surface area contributed by atoms with Gasteiger partial charge in [-0.15, -0.1) is 23.7 Å². The van der Waals surface area contributed by atoms with Crippen LogP contribution in [-0.4, -0.2) is 16.1 Å². The van der Waals surface area contributed by atoms with Crippen molar-refractivity contribution in [2.24, 2.45) is 0 Å². The fraction of sp³-hybridized carbons (Fsp3) is 0. The summed E-state index contributed by atoms with van der Waals surface area (Å²) in [5.41, 5.74) is 0.750. The number of aromatic carboxylic acids is 1. The minimum Gasteiger partial charge on any atom is -0.476 e. The smallest absolute Gasteiger partial charge is 0.365 e. The third-order valence-electron chi connectivity index (χ3n) is 1.48. The van der Waals surface area contributed by atoms with Crippen molar-refractivity contribution in [1.29, 1.82) is 0 Å². The second kappa shape index (κ2) is 3.72. The molecular weight excluding hydrogens is 210 g/mol. The van der Waals surface area contributed by atoms with Crippen molar-refractivity contribution in [3.8, 4) is 0 Å². The van der Waals surface area contributed by atoms with Gasteiger partial charge in [-0.2, -0.15) is 0 Å². The number of benzene rings is 1. The van der Waals surface area contributed by atoms with E-state index in [4.69, 9.17) is 5.11 Å². The highest BCUT2D eigenvalue weighted by Crippen LogP contribution is 2.20. The van der Waals surface area contributed by atoms with E-state index in [1.165, 1.54) is 11.3 Å². The minimum atomic E-state index is -0.962. The molecule has 0 atom stereocenters. The predicted octanol–water partition coefficient (Wildman–Crippen LogP) is 2.42. The van der Waals surface area contributed by atoms with Crippen molar-refractivity contribution < 1.29 is 9.90 Å². The first-order valence-corrected chi connectivity index (χ1v) is 4.18. The number of nitrogens with zero attached hydrogens (tertiary/aromatic N) is 1. The molecule has 2 rings (SSSR count). The molecule has 0 saturated heterocycles. The van der Waals surface area contributed by atoms with Crippen LogP contribution in [0.4, 0.5) is 0 Å². The molecule has 0 radical (unpaired) electrons. The number of fused-ring (bicyclic) bond motifs is 1. The van der Waals surface area contributed by atoms with Crippen molar-refractivity contribution in [2.75, 3.05) is 0 Å². The molecule has 2 aromatic rings. The lowest BCUT2D eigenvalue weighted by atomic mass is 10.3. The Hall–Kier alpha value is -1.13. The zero-order valence-corrected chi connectivity index (χ0v) is 8.06. The largest absolute Gasteiger partial charge is 0.476 e. The van der Waals surface area contributed by atoms with Gasteiger partial charge in [-0.1, -0.05) is 12.1 Å². The quantitative estimate of drug-likeness (QED) is 0.795. The number of para-hydroxylation sites is 1. The molecule has 13 heavy (non-hydrogen) atoms. The molecule has 1 aromatic carbocycles. The molecule has 0 spiro atoms. The molecule has 0 saturated carbocycles. The summed E-state index contributed by atoms with van der Waals surface area (Å²) in [4.78, 5) is 14.4. The van der Waals surface area contributed by atoms with Crippen molar-refractivity contribution in [3.05, 3.63) is 29.3 Å². The van der Waals surface area contributed by atoms with Gasteiger partial charge in [0.15, 0.2) is 0 Å². The highest BCUT2D eigenvalue weighted by atomic mass is 35.5. The Bertz CT molecular complexity index is 407. The SMILES string of the molecule is Cl.O=C(O)c1nc2ccccc2s1. The van der Waals surface area contributed by atoms with Gasteiger partial charge in [0.05, 0.1) is 10.2 Å². The maximum Gasteiger partial charge on any atom is 0.365 e. The highest BCUT2D eigenvalue weighted by Gasteiger charge is 2.08. The van der Waals surface area contributed by atoms with Crippen LogP contribution in [0, 0.1) is 0 Å². The lowest BCUT2D eigenvalue weighted by Crippen LogP contribution is -1.93. The molecule has 0 unspecified atom stereocenters. The van der Waals surface area contributed by atoms with E-state index in [1.54, 1.807) is 6.07 Å². The average Bonchev–Trinajstić information content (AvgIpc) is 2.46. The van der Waals surface area contributed by atoms with Gasteiger partial charge in [-0.3, -0.25) is 0 Å². The number of hydrogen-bond acceptors (Lipinski definition) is 3. The Morgan fingerprint density at radius 3 is 2.69 bits per heavy atom. The Morgan fingerprint density at radius 2 is 2.08 bits per heavy atom. The van der Waals surface area contributed by atoms with Crippen LogP contribution in [0.2, 0.25) is 0 Å². The maximum atomic E-state index is 10.5.